The molecule has 0 fully saturated rings. The smallest absolute Gasteiger partial charge is 0.244 e. The topological polar surface area (TPSA) is 86.8 Å². The fourth-order valence-electron chi connectivity index (χ4n) is 4.91. The summed E-state index contributed by atoms with van der Waals surface area (Å²) in [6.07, 6.45) is 2.14. The fourth-order valence-corrected chi connectivity index (χ4v) is 5.77. The number of aryl methyl sites for hydroxylation is 1. The van der Waals surface area contributed by atoms with Crippen LogP contribution in [-0.4, -0.2) is 50.5 Å². The number of anilines is 1. The van der Waals surface area contributed by atoms with Gasteiger partial charge in [-0.1, -0.05) is 97.9 Å². The third kappa shape index (κ3) is 7.52. The lowest BCUT2D eigenvalue weighted by molar-refractivity contribution is -0.140. The first-order valence-corrected chi connectivity index (χ1v) is 15.6. The first-order chi connectivity index (χ1) is 19.7. The van der Waals surface area contributed by atoms with E-state index in [-0.39, 0.29) is 12.5 Å². The highest BCUT2D eigenvalue weighted by molar-refractivity contribution is 7.92. The van der Waals surface area contributed by atoms with E-state index < -0.39 is 28.5 Å². The maximum Gasteiger partial charge on any atom is 0.244 e. The molecule has 0 radical (unpaired) electrons. The Balaban J connectivity index is 1.78. The molecule has 7 nitrogen and oxygen atoms in total. The Bertz CT molecular complexity index is 1600. The van der Waals surface area contributed by atoms with E-state index in [1.54, 1.807) is 12.1 Å². The molecule has 8 heteroatoms. The van der Waals surface area contributed by atoms with Crippen molar-refractivity contribution in [2.24, 2.45) is 0 Å². The van der Waals surface area contributed by atoms with Gasteiger partial charge < -0.3 is 10.2 Å². The van der Waals surface area contributed by atoms with E-state index in [1.807, 2.05) is 98.8 Å². The molecule has 0 aliphatic rings. The van der Waals surface area contributed by atoms with Crippen LogP contribution in [0.4, 0.5) is 5.69 Å². The number of benzene rings is 4. The first kappa shape index (κ1) is 29.8. The molecule has 214 valence electrons. The molecule has 4 aromatic carbocycles. The second kappa shape index (κ2) is 13.5. The van der Waals surface area contributed by atoms with E-state index in [4.69, 9.17) is 0 Å². The van der Waals surface area contributed by atoms with Crippen molar-refractivity contribution in [2.45, 2.75) is 39.3 Å². The highest BCUT2D eigenvalue weighted by atomic mass is 32.2. The summed E-state index contributed by atoms with van der Waals surface area (Å²) in [6, 6.07) is 29.3. The first-order valence-electron chi connectivity index (χ1n) is 13.8. The third-order valence-corrected chi connectivity index (χ3v) is 8.26. The van der Waals surface area contributed by atoms with Gasteiger partial charge in [-0.15, -0.1) is 0 Å². The van der Waals surface area contributed by atoms with Crippen LogP contribution in [-0.2, 0) is 32.6 Å². The molecule has 4 aromatic rings. The number of hydrogen-bond acceptors (Lipinski definition) is 4. The molecule has 1 atom stereocenters. The van der Waals surface area contributed by atoms with E-state index in [0.717, 1.165) is 44.4 Å². The van der Waals surface area contributed by atoms with Gasteiger partial charge in [0.2, 0.25) is 21.8 Å². The molecule has 1 N–H and O–H groups in total. The maximum atomic E-state index is 14.3. The Kier molecular flexibility index (Phi) is 9.78. The van der Waals surface area contributed by atoms with Crippen molar-refractivity contribution in [1.29, 1.82) is 0 Å². The molecule has 0 saturated carbocycles. The Morgan fingerprint density at radius 3 is 2.22 bits per heavy atom. The number of nitrogens with one attached hydrogen (secondary N) is 1. The minimum absolute atomic E-state index is 0.162. The van der Waals surface area contributed by atoms with Crippen LogP contribution in [0.3, 0.4) is 0 Å². The normalized spacial score (nSPS) is 12.1. The molecular weight excluding hydrogens is 534 g/mol. The highest BCUT2D eigenvalue weighted by Crippen LogP contribution is 2.29. The molecule has 0 aliphatic heterocycles. The number of fused-ring (bicyclic) bond motifs is 1. The van der Waals surface area contributed by atoms with Gasteiger partial charge in [0.1, 0.15) is 12.6 Å². The summed E-state index contributed by atoms with van der Waals surface area (Å²) in [5, 5.41) is 4.55. The molecule has 0 aromatic heterocycles. The highest BCUT2D eigenvalue weighted by Gasteiger charge is 2.33. The zero-order chi connectivity index (χ0) is 29.4. The van der Waals surface area contributed by atoms with Crippen LogP contribution in [0.25, 0.3) is 10.8 Å². The van der Waals surface area contributed by atoms with Gasteiger partial charge in [0.05, 0.1) is 11.9 Å². The second-order valence-electron chi connectivity index (χ2n) is 10.2. The zero-order valence-electron chi connectivity index (χ0n) is 23.8. The summed E-state index contributed by atoms with van der Waals surface area (Å²) in [5.74, 6) is -0.729. The number of carbonyl (C=O) groups excluding carboxylic acids is 2. The van der Waals surface area contributed by atoms with Crippen LogP contribution in [0.1, 0.15) is 30.0 Å². The molecule has 0 unspecified atom stereocenters. The standard InChI is InChI=1S/C33H37N3O4S/c1-4-21-34-33(38)31(22-26-14-6-5-7-15-26)35(23-28-17-9-8-13-25(28)2)32(37)24-36(41(3,39)40)30-20-12-18-27-16-10-11-19-29(27)30/h5-20,31H,4,21-24H2,1-3H3,(H,34,38)/t31-/m1/s1. The Morgan fingerprint density at radius 2 is 1.51 bits per heavy atom. The molecular formula is C33H37N3O4S. The SMILES string of the molecule is CCCNC(=O)[C@@H](Cc1ccccc1)N(Cc1ccccc1C)C(=O)CN(c1cccc2ccccc12)S(C)(=O)=O. The fraction of sp³-hybridized carbons (Fsp3) is 0.273. The summed E-state index contributed by atoms with van der Waals surface area (Å²) in [6.45, 7) is 4.12. The molecule has 0 aliphatic carbocycles. The molecule has 0 bridgehead atoms. The number of carbonyl (C=O) groups is 2. The van der Waals surface area contributed by atoms with E-state index in [2.05, 4.69) is 5.32 Å². The van der Waals surface area contributed by atoms with E-state index in [0.29, 0.717) is 18.7 Å². The van der Waals surface area contributed by atoms with Crippen LogP contribution >= 0.6 is 0 Å². The van der Waals surface area contributed by atoms with Gasteiger partial charge in [0.15, 0.2) is 0 Å². The van der Waals surface area contributed by atoms with Crippen molar-refractivity contribution in [3.05, 3.63) is 114 Å². The quantitative estimate of drug-likeness (QED) is 0.257. The lowest BCUT2D eigenvalue weighted by Crippen LogP contribution is -2.53. The van der Waals surface area contributed by atoms with Crippen LogP contribution < -0.4 is 9.62 Å². The molecule has 0 spiro atoms. The molecule has 2 amide bonds. The number of hydrogen-bond donors (Lipinski definition) is 1. The van der Waals surface area contributed by atoms with Gasteiger partial charge >= 0.3 is 0 Å². The number of nitrogens with zero attached hydrogens (tertiary/aromatic N) is 2. The van der Waals surface area contributed by atoms with Crippen LogP contribution in [0.5, 0.6) is 0 Å². The summed E-state index contributed by atoms with van der Waals surface area (Å²) in [4.78, 5) is 29.4. The van der Waals surface area contributed by atoms with Gasteiger partial charge in [0, 0.05) is 24.9 Å². The average molecular weight is 572 g/mol. The van der Waals surface area contributed by atoms with Gasteiger partial charge in [-0.3, -0.25) is 13.9 Å². The van der Waals surface area contributed by atoms with E-state index in [9.17, 15) is 18.0 Å². The third-order valence-electron chi connectivity index (χ3n) is 7.14. The summed E-state index contributed by atoms with van der Waals surface area (Å²) in [7, 11) is -3.85. The van der Waals surface area contributed by atoms with Crippen molar-refractivity contribution in [3.8, 4) is 0 Å². The average Bonchev–Trinajstić information content (AvgIpc) is 2.97. The lowest BCUT2D eigenvalue weighted by Gasteiger charge is -2.34. The second-order valence-corrected chi connectivity index (χ2v) is 12.1. The summed E-state index contributed by atoms with van der Waals surface area (Å²) in [5.41, 5.74) is 3.19. The maximum absolute atomic E-state index is 14.3. The molecule has 0 heterocycles. The molecule has 0 saturated heterocycles. The Labute approximate surface area is 242 Å². The van der Waals surface area contributed by atoms with Crippen LogP contribution in [0, 0.1) is 6.92 Å². The van der Waals surface area contributed by atoms with Crippen molar-refractivity contribution in [1.82, 2.24) is 10.2 Å². The minimum Gasteiger partial charge on any atom is -0.354 e. The van der Waals surface area contributed by atoms with Crippen molar-refractivity contribution < 1.29 is 18.0 Å². The van der Waals surface area contributed by atoms with Gasteiger partial charge in [-0.25, -0.2) is 8.42 Å². The largest absolute Gasteiger partial charge is 0.354 e. The Hall–Kier alpha value is -4.17. The van der Waals surface area contributed by atoms with Gasteiger partial charge in [0.25, 0.3) is 0 Å². The zero-order valence-corrected chi connectivity index (χ0v) is 24.6. The van der Waals surface area contributed by atoms with Crippen molar-refractivity contribution >= 4 is 38.3 Å². The lowest BCUT2D eigenvalue weighted by atomic mass is 10.0. The van der Waals surface area contributed by atoms with E-state index >= 15 is 0 Å². The predicted octanol–water partition coefficient (Wildman–Crippen LogP) is 5.08. The van der Waals surface area contributed by atoms with Crippen molar-refractivity contribution in [2.75, 3.05) is 23.7 Å². The van der Waals surface area contributed by atoms with Crippen LogP contribution in [0.2, 0.25) is 0 Å². The minimum atomic E-state index is -3.85. The molecule has 4 rings (SSSR count). The number of rotatable bonds is 12. The summed E-state index contributed by atoms with van der Waals surface area (Å²) < 4.78 is 27.5. The van der Waals surface area contributed by atoms with Crippen molar-refractivity contribution in [3.63, 3.8) is 0 Å². The Morgan fingerprint density at radius 1 is 0.854 bits per heavy atom. The summed E-state index contributed by atoms with van der Waals surface area (Å²) >= 11 is 0. The molecule has 41 heavy (non-hydrogen) atoms. The van der Waals surface area contributed by atoms with Gasteiger partial charge in [-0.2, -0.15) is 0 Å². The number of amides is 2. The monoisotopic (exact) mass is 571 g/mol. The van der Waals surface area contributed by atoms with Crippen LogP contribution in [0.15, 0.2) is 97.1 Å². The predicted molar refractivity (Wildman–Crippen MR) is 165 cm³/mol. The van der Waals surface area contributed by atoms with E-state index in [1.165, 1.54) is 4.90 Å². The number of sulfonamides is 1. The van der Waals surface area contributed by atoms with Gasteiger partial charge in [-0.05, 0) is 41.5 Å².